The molecule has 2 aromatic carbocycles. The molecule has 1 unspecified atom stereocenters. The molecule has 1 atom stereocenters. The molecule has 0 aliphatic carbocycles. The maximum absolute atomic E-state index is 12.6. The average molecular weight is 422 g/mol. The van der Waals surface area contributed by atoms with Gasteiger partial charge in [-0.15, -0.1) is 0 Å². The number of nitrogens with one attached hydrogen (secondary N) is 1. The molecule has 2 aromatic heterocycles. The van der Waals surface area contributed by atoms with Crippen LogP contribution in [-0.4, -0.2) is 27.5 Å². The molecular formula is C23H20ClN3O3. The predicted molar refractivity (Wildman–Crippen MR) is 118 cm³/mol. The van der Waals surface area contributed by atoms with Crippen molar-refractivity contribution in [3.8, 4) is 0 Å². The highest BCUT2D eigenvalue weighted by Gasteiger charge is 2.21. The summed E-state index contributed by atoms with van der Waals surface area (Å²) in [7, 11) is 0. The minimum Gasteiger partial charge on any atom is -0.449 e. The number of anilines is 1. The summed E-state index contributed by atoms with van der Waals surface area (Å²) < 4.78 is 7.49. The van der Waals surface area contributed by atoms with Gasteiger partial charge in [0.25, 0.3) is 5.91 Å². The van der Waals surface area contributed by atoms with Crippen LogP contribution in [0.15, 0.2) is 60.8 Å². The van der Waals surface area contributed by atoms with E-state index in [9.17, 15) is 9.59 Å². The van der Waals surface area contributed by atoms with Crippen LogP contribution in [0.25, 0.3) is 21.8 Å². The van der Waals surface area contributed by atoms with Crippen molar-refractivity contribution >= 4 is 51.0 Å². The van der Waals surface area contributed by atoms with Gasteiger partial charge in [0.1, 0.15) is 5.15 Å². The van der Waals surface area contributed by atoms with Crippen molar-refractivity contribution in [1.29, 1.82) is 0 Å². The van der Waals surface area contributed by atoms with E-state index in [0.717, 1.165) is 28.4 Å². The molecule has 6 nitrogen and oxygen atoms in total. The van der Waals surface area contributed by atoms with E-state index >= 15 is 0 Å². The summed E-state index contributed by atoms with van der Waals surface area (Å²) in [6.45, 7) is 4.46. The van der Waals surface area contributed by atoms with Gasteiger partial charge in [-0.2, -0.15) is 0 Å². The molecule has 0 radical (unpaired) electrons. The average Bonchev–Trinajstić information content (AvgIpc) is 3.07. The molecule has 7 heteroatoms. The summed E-state index contributed by atoms with van der Waals surface area (Å²) in [4.78, 5) is 28.7. The van der Waals surface area contributed by atoms with Crippen LogP contribution in [-0.2, 0) is 16.1 Å². The molecule has 2 heterocycles. The first-order valence-electron chi connectivity index (χ1n) is 9.63. The Morgan fingerprint density at radius 1 is 1.10 bits per heavy atom. The highest BCUT2D eigenvalue weighted by atomic mass is 35.5. The lowest BCUT2D eigenvalue weighted by molar-refractivity contribution is -0.123. The van der Waals surface area contributed by atoms with Gasteiger partial charge in [-0.25, -0.2) is 9.78 Å². The maximum atomic E-state index is 12.6. The van der Waals surface area contributed by atoms with Crippen LogP contribution >= 0.6 is 11.6 Å². The number of nitrogens with zero attached hydrogens (tertiary/aromatic N) is 2. The van der Waals surface area contributed by atoms with Gasteiger partial charge < -0.3 is 14.6 Å². The Morgan fingerprint density at radius 2 is 1.87 bits per heavy atom. The van der Waals surface area contributed by atoms with E-state index in [-0.39, 0.29) is 10.7 Å². The van der Waals surface area contributed by atoms with Crippen molar-refractivity contribution < 1.29 is 14.3 Å². The van der Waals surface area contributed by atoms with Gasteiger partial charge in [-0.05, 0) is 50.2 Å². The number of benzene rings is 2. The van der Waals surface area contributed by atoms with Gasteiger partial charge in [-0.1, -0.05) is 29.8 Å². The molecule has 0 saturated carbocycles. The molecule has 0 saturated heterocycles. The third kappa shape index (κ3) is 3.62. The van der Waals surface area contributed by atoms with Gasteiger partial charge in [-0.3, -0.25) is 4.79 Å². The Kier molecular flexibility index (Phi) is 5.42. The zero-order chi connectivity index (χ0) is 21.3. The molecular weight excluding hydrogens is 402 g/mol. The standard InChI is InChI=1S/C23H20ClN3O3/c1-3-27-19-9-5-4-7-16(19)18-13-15(10-11-20(18)27)26-22(28)14(2)30-23(29)17-8-6-12-25-21(17)24/h4-14H,3H2,1-2H3,(H,26,28). The largest absolute Gasteiger partial charge is 0.449 e. The van der Waals surface area contributed by atoms with E-state index < -0.39 is 18.0 Å². The van der Waals surface area contributed by atoms with E-state index in [0.29, 0.717) is 5.69 Å². The fourth-order valence-corrected chi connectivity index (χ4v) is 3.73. The SMILES string of the molecule is CCn1c2ccccc2c2cc(NC(=O)C(C)OC(=O)c3cccnc3Cl)ccc21. The fourth-order valence-electron chi connectivity index (χ4n) is 3.53. The molecule has 1 amide bonds. The number of halogens is 1. The number of fused-ring (bicyclic) bond motifs is 3. The Morgan fingerprint density at radius 3 is 2.63 bits per heavy atom. The predicted octanol–water partition coefficient (Wildman–Crippen LogP) is 5.05. The molecule has 0 aliphatic heterocycles. The molecule has 0 bridgehead atoms. The van der Waals surface area contributed by atoms with E-state index in [2.05, 4.69) is 33.9 Å². The molecule has 30 heavy (non-hydrogen) atoms. The van der Waals surface area contributed by atoms with Crippen molar-refractivity contribution in [3.63, 3.8) is 0 Å². The first-order chi connectivity index (χ1) is 14.5. The number of aryl methyl sites for hydroxylation is 1. The smallest absolute Gasteiger partial charge is 0.342 e. The number of hydrogen-bond acceptors (Lipinski definition) is 4. The molecule has 0 spiro atoms. The summed E-state index contributed by atoms with van der Waals surface area (Å²) in [6.07, 6.45) is 0.474. The Balaban J connectivity index is 1.55. The molecule has 4 aromatic rings. The van der Waals surface area contributed by atoms with Crippen LogP contribution in [0.2, 0.25) is 5.15 Å². The van der Waals surface area contributed by atoms with Crippen molar-refractivity contribution in [1.82, 2.24) is 9.55 Å². The van der Waals surface area contributed by atoms with Gasteiger partial charge in [0.05, 0.1) is 5.56 Å². The number of amides is 1. The van der Waals surface area contributed by atoms with Crippen molar-refractivity contribution in [2.45, 2.75) is 26.5 Å². The lowest BCUT2D eigenvalue weighted by atomic mass is 10.1. The Hall–Kier alpha value is -3.38. The summed E-state index contributed by atoms with van der Waals surface area (Å²) in [5.41, 5.74) is 3.00. The normalized spacial score (nSPS) is 12.1. The monoisotopic (exact) mass is 421 g/mol. The van der Waals surface area contributed by atoms with Crippen molar-refractivity contribution in [2.75, 3.05) is 5.32 Å². The van der Waals surface area contributed by atoms with Crippen LogP contribution in [0, 0.1) is 0 Å². The van der Waals surface area contributed by atoms with Crippen LogP contribution in [0.4, 0.5) is 5.69 Å². The minimum absolute atomic E-state index is 0.0351. The van der Waals surface area contributed by atoms with Crippen LogP contribution < -0.4 is 5.32 Å². The first kappa shape index (κ1) is 19.9. The van der Waals surface area contributed by atoms with Crippen molar-refractivity contribution in [3.05, 3.63) is 71.5 Å². The van der Waals surface area contributed by atoms with E-state index in [1.807, 2.05) is 30.3 Å². The number of para-hydroxylation sites is 1. The summed E-state index contributed by atoms with van der Waals surface area (Å²) >= 11 is 5.91. The molecule has 0 aliphatic rings. The second-order valence-electron chi connectivity index (χ2n) is 6.87. The van der Waals surface area contributed by atoms with Gasteiger partial charge in [0.15, 0.2) is 6.10 Å². The third-order valence-corrected chi connectivity index (χ3v) is 5.29. The number of esters is 1. The zero-order valence-electron chi connectivity index (χ0n) is 16.6. The van der Waals surface area contributed by atoms with Gasteiger partial charge >= 0.3 is 5.97 Å². The number of aromatic nitrogens is 2. The molecule has 0 fully saturated rings. The maximum Gasteiger partial charge on any atom is 0.342 e. The summed E-state index contributed by atoms with van der Waals surface area (Å²) in [5, 5.41) is 5.03. The summed E-state index contributed by atoms with van der Waals surface area (Å²) in [5.74, 6) is -1.13. The van der Waals surface area contributed by atoms with Crippen LogP contribution in [0.5, 0.6) is 0 Å². The Labute approximate surface area is 178 Å². The Bertz CT molecular complexity index is 1270. The summed E-state index contributed by atoms with van der Waals surface area (Å²) in [6, 6.07) is 17.0. The number of pyridine rings is 1. The molecule has 4 rings (SSSR count). The van der Waals surface area contributed by atoms with E-state index in [1.54, 1.807) is 6.07 Å². The zero-order valence-corrected chi connectivity index (χ0v) is 17.3. The third-order valence-electron chi connectivity index (χ3n) is 4.99. The van der Waals surface area contributed by atoms with E-state index in [1.165, 1.54) is 19.2 Å². The van der Waals surface area contributed by atoms with Crippen molar-refractivity contribution in [2.24, 2.45) is 0 Å². The van der Waals surface area contributed by atoms with Crippen LogP contribution in [0.1, 0.15) is 24.2 Å². The van der Waals surface area contributed by atoms with Crippen LogP contribution in [0.3, 0.4) is 0 Å². The first-order valence-corrected chi connectivity index (χ1v) is 10.0. The lowest BCUT2D eigenvalue weighted by Gasteiger charge is -2.14. The van der Waals surface area contributed by atoms with Gasteiger partial charge in [0.2, 0.25) is 0 Å². The minimum atomic E-state index is -0.999. The quantitative estimate of drug-likeness (QED) is 0.361. The van der Waals surface area contributed by atoms with Gasteiger partial charge in [0, 0.05) is 40.2 Å². The molecule has 152 valence electrons. The number of carbonyl (C=O) groups excluding carboxylic acids is 2. The topological polar surface area (TPSA) is 73.2 Å². The number of rotatable bonds is 5. The second-order valence-corrected chi connectivity index (χ2v) is 7.23. The number of hydrogen-bond donors (Lipinski definition) is 1. The fraction of sp³-hybridized carbons (Fsp3) is 0.174. The molecule has 1 N–H and O–H groups in total. The highest BCUT2D eigenvalue weighted by Crippen LogP contribution is 2.31. The van der Waals surface area contributed by atoms with E-state index in [4.69, 9.17) is 16.3 Å². The lowest BCUT2D eigenvalue weighted by Crippen LogP contribution is -2.30. The number of carbonyl (C=O) groups is 2. The second kappa shape index (κ2) is 8.16. The highest BCUT2D eigenvalue weighted by molar-refractivity contribution is 6.32. The number of ether oxygens (including phenoxy) is 1.